The van der Waals surface area contributed by atoms with Crippen LogP contribution in [-0.4, -0.2) is 33.0 Å². The van der Waals surface area contributed by atoms with E-state index in [1.165, 1.54) is 0 Å². The summed E-state index contributed by atoms with van der Waals surface area (Å²) in [5, 5.41) is 10.8. The van der Waals surface area contributed by atoms with Crippen molar-refractivity contribution in [2.75, 3.05) is 6.61 Å². The lowest BCUT2D eigenvalue weighted by molar-refractivity contribution is 0.0505. The third-order valence-electron chi connectivity index (χ3n) is 5.36. The van der Waals surface area contributed by atoms with Gasteiger partial charge in [0.25, 0.3) is 11.1 Å². The van der Waals surface area contributed by atoms with Crippen molar-refractivity contribution in [2.24, 2.45) is 0 Å². The number of nitrogens with one attached hydrogen (secondary N) is 4. The van der Waals surface area contributed by atoms with E-state index < -0.39 is 5.92 Å². The first-order chi connectivity index (χ1) is 15.4. The van der Waals surface area contributed by atoms with Crippen molar-refractivity contribution in [3.63, 3.8) is 0 Å². The highest BCUT2D eigenvalue weighted by atomic mass is 16.5. The molecule has 166 valence electrons. The Bertz CT molecular complexity index is 1300. The predicted octanol–water partition coefficient (Wildman–Crippen LogP) is 3.34. The van der Waals surface area contributed by atoms with Crippen molar-refractivity contribution >= 4 is 5.97 Å². The maximum absolute atomic E-state index is 12.5. The Morgan fingerprint density at radius 2 is 1.50 bits per heavy atom. The Balaban J connectivity index is 1.72. The molecule has 0 saturated carbocycles. The van der Waals surface area contributed by atoms with E-state index in [-0.39, 0.29) is 17.1 Å². The highest BCUT2D eigenvalue weighted by Gasteiger charge is 2.30. The van der Waals surface area contributed by atoms with Gasteiger partial charge in [-0.05, 0) is 44.5 Å². The zero-order valence-corrected chi connectivity index (χ0v) is 18.0. The van der Waals surface area contributed by atoms with Crippen LogP contribution in [0.15, 0.2) is 50.4 Å². The molecular formula is C23H24N4O5. The second-order valence-corrected chi connectivity index (χ2v) is 7.58. The number of aryl methyl sites for hydroxylation is 2. The number of esters is 1. The molecule has 0 amide bonds. The van der Waals surface area contributed by atoms with Crippen LogP contribution < -0.4 is 11.1 Å². The number of aromatic amines is 4. The molecule has 0 aliphatic carbocycles. The van der Waals surface area contributed by atoms with Crippen molar-refractivity contribution in [1.29, 1.82) is 0 Å². The second kappa shape index (κ2) is 8.62. The molecule has 3 heterocycles. The molecule has 1 aromatic carbocycles. The van der Waals surface area contributed by atoms with Gasteiger partial charge in [0, 0.05) is 17.0 Å². The van der Waals surface area contributed by atoms with Gasteiger partial charge in [-0.15, -0.1) is 0 Å². The van der Waals surface area contributed by atoms with E-state index in [1.807, 2.05) is 6.92 Å². The molecule has 9 heteroatoms. The number of carbonyl (C=O) groups excluding carboxylic acids is 1. The van der Waals surface area contributed by atoms with Crippen molar-refractivity contribution in [3.05, 3.63) is 90.9 Å². The Morgan fingerprint density at radius 1 is 0.906 bits per heavy atom. The van der Waals surface area contributed by atoms with E-state index in [2.05, 4.69) is 20.4 Å². The van der Waals surface area contributed by atoms with Crippen LogP contribution in [0.5, 0.6) is 0 Å². The van der Waals surface area contributed by atoms with Gasteiger partial charge in [-0.25, -0.2) is 4.79 Å². The van der Waals surface area contributed by atoms with Crippen LogP contribution in [0.1, 0.15) is 57.9 Å². The van der Waals surface area contributed by atoms with Crippen molar-refractivity contribution < 1.29 is 13.9 Å². The number of benzene rings is 1. The number of H-pyrrole nitrogens is 4. The average Bonchev–Trinajstić information content (AvgIpc) is 3.49. The minimum absolute atomic E-state index is 0.319. The summed E-state index contributed by atoms with van der Waals surface area (Å²) < 4.78 is 11.3. The number of rotatable bonds is 7. The maximum Gasteiger partial charge on any atom is 0.338 e. The van der Waals surface area contributed by atoms with Crippen LogP contribution in [0.4, 0.5) is 0 Å². The largest absolute Gasteiger partial charge is 0.462 e. The molecule has 0 fully saturated rings. The van der Waals surface area contributed by atoms with Gasteiger partial charge in [-0.2, -0.15) is 0 Å². The van der Waals surface area contributed by atoms with Gasteiger partial charge in [-0.1, -0.05) is 19.1 Å². The molecule has 0 aliphatic rings. The van der Waals surface area contributed by atoms with Gasteiger partial charge in [0.15, 0.2) is 0 Å². The molecule has 0 saturated heterocycles. The summed E-state index contributed by atoms with van der Waals surface area (Å²) in [4.78, 5) is 37.1. The van der Waals surface area contributed by atoms with Gasteiger partial charge >= 0.3 is 5.97 Å². The Morgan fingerprint density at radius 3 is 2.00 bits per heavy atom. The number of ether oxygens (including phenoxy) is 1. The molecular weight excluding hydrogens is 412 g/mol. The van der Waals surface area contributed by atoms with Crippen molar-refractivity contribution in [1.82, 2.24) is 20.4 Å². The molecule has 0 unspecified atom stereocenters. The highest BCUT2D eigenvalue weighted by Crippen LogP contribution is 2.34. The van der Waals surface area contributed by atoms with Crippen LogP contribution >= 0.6 is 0 Å². The standard InChI is InChI=1S/C23H24N4O5/c1-4-11-31-23(30)15-7-5-14(6-8-15)16-9-10-17(32-16)20(18-12(2)24-26-21(18)28)19-13(3)25-27-22(19)29/h5-10,20H,4,11H2,1-3H3,(H2,24,26,28)(H2,25,27,29). The Kier molecular flexibility index (Phi) is 5.72. The number of furan rings is 1. The third kappa shape index (κ3) is 3.84. The SMILES string of the molecule is CCCOC(=O)c1ccc(-c2ccc(C(c3c(C)[nH][nH]c3=O)c3c(C)[nH][nH]c3=O)o2)cc1. The molecule has 32 heavy (non-hydrogen) atoms. The fraction of sp³-hybridized carbons (Fsp3) is 0.261. The van der Waals surface area contributed by atoms with Crippen LogP contribution in [0.2, 0.25) is 0 Å². The molecule has 0 aliphatic heterocycles. The quantitative estimate of drug-likeness (QED) is 0.329. The summed E-state index contributed by atoms with van der Waals surface area (Å²) in [5.41, 5.74) is 2.63. The fourth-order valence-electron chi connectivity index (χ4n) is 3.75. The molecule has 0 bridgehead atoms. The van der Waals surface area contributed by atoms with Crippen molar-refractivity contribution in [3.8, 4) is 11.3 Å². The Labute approximate surface area is 182 Å². The lowest BCUT2D eigenvalue weighted by Crippen LogP contribution is -2.19. The Hall–Kier alpha value is -4.01. The van der Waals surface area contributed by atoms with Gasteiger partial charge in [-0.3, -0.25) is 19.8 Å². The molecule has 4 rings (SSSR count). The fourth-order valence-corrected chi connectivity index (χ4v) is 3.75. The van der Waals surface area contributed by atoms with E-state index in [1.54, 1.807) is 50.2 Å². The zero-order valence-electron chi connectivity index (χ0n) is 18.0. The maximum atomic E-state index is 12.5. The number of aromatic nitrogens is 4. The van der Waals surface area contributed by atoms with Crippen LogP contribution in [0.25, 0.3) is 11.3 Å². The number of hydrogen-bond donors (Lipinski definition) is 4. The monoisotopic (exact) mass is 436 g/mol. The van der Waals surface area contributed by atoms with Gasteiger partial charge in [0.1, 0.15) is 11.5 Å². The predicted molar refractivity (Wildman–Crippen MR) is 118 cm³/mol. The van der Waals surface area contributed by atoms with E-state index in [4.69, 9.17) is 9.15 Å². The molecule has 0 spiro atoms. The normalized spacial score (nSPS) is 11.2. The van der Waals surface area contributed by atoms with Crippen LogP contribution in [0.3, 0.4) is 0 Å². The van der Waals surface area contributed by atoms with Gasteiger partial charge in [0.2, 0.25) is 0 Å². The van der Waals surface area contributed by atoms with Crippen molar-refractivity contribution in [2.45, 2.75) is 33.1 Å². The summed E-state index contributed by atoms with van der Waals surface area (Å²) in [6.07, 6.45) is 0.757. The van der Waals surface area contributed by atoms with Crippen LogP contribution in [0, 0.1) is 13.8 Å². The first kappa shape index (κ1) is 21.2. The summed E-state index contributed by atoms with van der Waals surface area (Å²) in [7, 11) is 0. The lowest BCUT2D eigenvalue weighted by atomic mass is 9.89. The molecule has 0 atom stereocenters. The molecule has 4 aromatic rings. The molecule has 9 nitrogen and oxygen atoms in total. The minimum Gasteiger partial charge on any atom is -0.462 e. The summed E-state index contributed by atoms with van der Waals surface area (Å²) >= 11 is 0. The van der Waals surface area contributed by atoms with E-state index in [0.717, 1.165) is 12.0 Å². The van der Waals surface area contributed by atoms with Crippen LogP contribution in [-0.2, 0) is 4.74 Å². The van der Waals surface area contributed by atoms with E-state index in [9.17, 15) is 14.4 Å². The highest BCUT2D eigenvalue weighted by molar-refractivity contribution is 5.89. The first-order valence-electron chi connectivity index (χ1n) is 10.3. The zero-order chi connectivity index (χ0) is 22.8. The number of hydrogen-bond acceptors (Lipinski definition) is 5. The number of carbonyl (C=O) groups is 1. The average molecular weight is 436 g/mol. The molecule has 0 radical (unpaired) electrons. The minimum atomic E-state index is -0.697. The van der Waals surface area contributed by atoms with Gasteiger partial charge < -0.3 is 19.4 Å². The second-order valence-electron chi connectivity index (χ2n) is 7.58. The summed E-state index contributed by atoms with van der Waals surface area (Å²) in [6.45, 7) is 5.83. The van der Waals surface area contributed by atoms with Gasteiger partial charge in [0.05, 0.1) is 29.2 Å². The van der Waals surface area contributed by atoms with E-state index in [0.29, 0.717) is 46.2 Å². The third-order valence-corrected chi connectivity index (χ3v) is 5.36. The summed E-state index contributed by atoms with van der Waals surface area (Å²) in [6, 6.07) is 10.4. The summed E-state index contributed by atoms with van der Waals surface area (Å²) in [5.74, 6) is -0.0690. The molecule has 3 aromatic heterocycles. The van der Waals surface area contributed by atoms with E-state index >= 15 is 0 Å². The lowest BCUT2D eigenvalue weighted by Gasteiger charge is -2.12. The first-order valence-corrected chi connectivity index (χ1v) is 10.3. The molecule has 4 N–H and O–H groups in total. The topological polar surface area (TPSA) is 137 Å². The smallest absolute Gasteiger partial charge is 0.338 e.